The van der Waals surface area contributed by atoms with Gasteiger partial charge in [0.05, 0.1) is 23.3 Å². The maximum Gasteiger partial charge on any atom is 0.340 e. The predicted octanol–water partition coefficient (Wildman–Crippen LogP) is 1.67. The summed E-state index contributed by atoms with van der Waals surface area (Å²) in [6.45, 7) is 11.8. The molecule has 1 N–H and O–H groups in total. The molecule has 1 aromatic heterocycles. The van der Waals surface area contributed by atoms with E-state index in [0.717, 1.165) is 41.5 Å². The van der Waals surface area contributed by atoms with Crippen LogP contribution in [-0.2, 0) is 76.2 Å². The maximum atomic E-state index is 14.4. The van der Waals surface area contributed by atoms with Crippen LogP contribution in [0.2, 0.25) is 0 Å². The molecular weight excluding hydrogens is 782 g/mol. The molecule has 2 saturated carbocycles. The van der Waals surface area contributed by atoms with Gasteiger partial charge >= 0.3 is 47.8 Å². The molecule has 5 rings (SSSR count). The van der Waals surface area contributed by atoms with Gasteiger partial charge in [-0.1, -0.05) is 27.7 Å². The van der Waals surface area contributed by atoms with Gasteiger partial charge in [-0.2, -0.15) is 0 Å². The van der Waals surface area contributed by atoms with Gasteiger partial charge in [0.1, 0.15) is 42.0 Å². The average molecular weight is 834 g/mol. The number of ether oxygens (including phenoxy) is 9. The molecular formula is C40H51NO18. The lowest BCUT2D eigenvalue weighted by Gasteiger charge is -2.67. The number of cyclic esters (lactones) is 1. The fourth-order valence-electron chi connectivity index (χ4n) is 9.38. The number of nitrogens with zero attached hydrogens (tertiary/aromatic N) is 1. The second-order valence-electron chi connectivity index (χ2n) is 16.3. The van der Waals surface area contributed by atoms with Crippen molar-refractivity contribution in [2.75, 3.05) is 13.2 Å². The maximum absolute atomic E-state index is 14.4. The summed E-state index contributed by atoms with van der Waals surface area (Å²) in [5, 5.41) is 13.5. The van der Waals surface area contributed by atoms with Crippen molar-refractivity contribution in [1.29, 1.82) is 0 Å². The Morgan fingerprint density at radius 2 is 1.37 bits per heavy atom. The molecule has 3 heterocycles. The van der Waals surface area contributed by atoms with E-state index in [1.54, 1.807) is 6.92 Å². The van der Waals surface area contributed by atoms with Crippen LogP contribution in [0.25, 0.3) is 0 Å². The van der Waals surface area contributed by atoms with Gasteiger partial charge in [0.2, 0.25) is 0 Å². The molecule has 2 aliphatic heterocycles. The van der Waals surface area contributed by atoms with Crippen LogP contribution in [0.3, 0.4) is 0 Å². The molecule has 19 heteroatoms. The standard InChI is InChI=1S/C40H51NO18/c1-17(2)34(47)57-28-27-30(54-22(7)44)40-38(11,50)31(29(53-21(6)43)33(56-24(9)46)39(40,16-51-20(5)42)32(28)55-23(8)45)58-35(48)19(4)18(3)25-12-13-41-14-26(25)36(49)52-15-37(27,10)59-40/h12-14,17-19,27-33,50H,15-16H2,1-11H3. The summed E-state index contributed by atoms with van der Waals surface area (Å²) in [6, 6.07) is 1.51. The monoisotopic (exact) mass is 833 g/mol. The van der Waals surface area contributed by atoms with Crippen molar-refractivity contribution in [3.63, 3.8) is 0 Å². The van der Waals surface area contributed by atoms with E-state index in [2.05, 4.69) is 4.98 Å². The Morgan fingerprint density at radius 3 is 1.92 bits per heavy atom. The van der Waals surface area contributed by atoms with Crippen LogP contribution in [0.1, 0.15) is 98.0 Å². The first-order valence-electron chi connectivity index (χ1n) is 19.1. The highest BCUT2D eigenvalue weighted by Crippen LogP contribution is 2.70. The fourth-order valence-corrected chi connectivity index (χ4v) is 9.38. The minimum Gasteiger partial charge on any atom is -0.465 e. The Bertz CT molecular complexity index is 1910. The van der Waals surface area contributed by atoms with E-state index in [0.29, 0.717) is 5.56 Å². The lowest BCUT2D eigenvalue weighted by atomic mass is 9.45. The topological polar surface area (TPSA) is 253 Å². The van der Waals surface area contributed by atoms with Crippen LogP contribution >= 0.6 is 0 Å². The Kier molecular flexibility index (Phi) is 12.3. The number of rotatable bonds is 8. The summed E-state index contributed by atoms with van der Waals surface area (Å²) in [5.41, 5.74) is -9.95. The van der Waals surface area contributed by atoms with Crippen LogP contribution < -0.4 is 0 Å². The number of pyridine rings is 1. The van der Waals surface area contributed by atoms with Gasteiger partial charge in [0.25, 0.3) is 0 Å². The zero-order valence-corrected chi connectivity index (χ0v) is 34.8. The minimum absolute atomic E-state index is 0.0411. The lowest BCUT2D eigenvalue weighted by molar-refractivity contribution is -0.387. The Hall–Kier alpha value is -5.17. The number of carbonyl (C=O) groups is 8. The van der Waals surface area contributed by atoms with Crippen molar-refractivity contribution in [1.82, 2.24) is 4.98 Å². The van der Waals surface area contributed by atoms with Crippen LogP contribution in [0, 0.1) is 23.2 Å². The highest BCUT2D eigenvalue weighted by atomic mass is 16.7. The third-order valence-corrected chi connectivity index (χ3v) is 11.9. The van der Waals surface area contributed by atoms with E-state index >= 15 is 0 Å². The van der Waals surface area contributed by atoms with Gasteiger partial charge < -0.3 is 47.7 Å². The van der Waals surface area contributed by atoms with E-state index < -0.39 is 143 Å². The zero-order chi connectivity index (χ0) is 44.2. The van der Waals surface area contributed by atoms with Gasteiger partial charge in [0.15, 0.2) is 30.0 Å². The first-order chi connectivity index (χ1) is 27.4. The van der Waals surface area contributed by atoms with Gasteiger partial charge in [0, 0.05) is 47.0 Å². The molecule has 324 valence electrons. The molecule has 0 radical (unpaired) electrons. The molecule has 1 spiro atoms. The Labute approximate surface area is 340 Å². The summed E-state index contributed by atoms with van der Waals surface area (Å²) in [4.78, 5) is 112. The van der Waals surface area contributed by atoms with E-state index in [9.17, 15) is 43.5 Å². The largest absolute Gasteiger partial charge is 0.465 e. The lowest BCUT2D eigenvalue weighted by Crippen LogP contribution is -2.89. The molecule has 0 aromatic carbocycles. The van der Waals surface area contributed by atoms with E-state index in [-0.39, 0.29) is 5.56 Å². The summed E-state index contributed by atoms with van der Waals surface area (Å²) < 4.78 is 55.0. The quantitative estimate of drug-likeness (QED) is 0.289. The normalized spacial score (nSPS) is 37.4. The summed E-state index contributed by atoms with van der Waals surface area (Å²) in [5.74, 6) is -12.3. The van der Waals surface area contributed by atoms with E-state index in [1.165, 1.54) is 46.2 Å². The summed E-state index contributed by atoms with van der Waals surface area (Å²) in [7, 11) is 0. The van der Waals surface area contributed by atoms with Crippen LogP contribution in [0.4, 0.5) is 0 Å². The number of esters is 8. The molecule has 59 heavy (non-hydrogen) atoms. The molecule has 3 fully saturated rings. The van der Waals surface area contributed by atoms with E-state index in [1.807, 2.05) is 0 Å². The molecule has 4 bridgehead atoms. The smallest absolute Gasteiger partial charge is 0.340 e. The van der Waals surface area contributed by atoms with Gasteiger partial charge in [-0.05, 0) is 31.4 Å². The molecule has 13 atom stereocenters. The number of hydrogen-bond acceptors (Lipinski definition) is 19. The molecule has 19 nitrogen and oxygen atoms in total. The third kappa shape index (κ3) is 7.40. The number of hydrogen-bond donors (Lipinski definition) is 1. The van der Waals surface area contributed by atoms with Crippen molar-refractivity contribution >= 4 is 47.8 Å². The van der Waals surface area contributed by atoms with Crippen molar-refractivity contribution in [2.24, 2.45) is 23.2 Å². The van der Waals surface area contributed by atoms with Crippen molar-refractivity contribution < 1.29 is 86.1 Å². The summed E-state index contributed by atoms with van der Waals surface area (Å²) in [6.07, 6.45) is -9.32. The van der Waals surface area contributed by atoms with Gasteiger partial charge in [-0.3, -0.25) is 38.5 Å². The van der Waals surface area contributed by atoms with Crippen molar-refractivity contribution in [3.05, 3.63) is 29.6 Å². The molecule has 4 aliphatic rings. The Balaban J connectivity index is 2.03. The Morgan fingerprint density at radius 1 is 0.814 bits per heavy atom. The molecule has 2 aliphatic carbocycles. The number of fused-ring (bicyclic) bond motifs is 5. The molecule has 1 saturated heterocycles. The fraction of sp³-hybridized carbons (Fsp3) is 0.675. The first-order valence-corrected chi connectivity index (χ1v) is 19.1. The number of aromatic nitrogens is 1. The van der Waals surface area contributed by atoms with Crippen LogP contribution in [0.5, 0.6) is 0 Å². The molecule has 13 unspecified atom stereocenters. The van der Waals surface area contributed by atoms with Crippen LogP contribution in [0.15, 0.2) is 18.5 Å². The minimum atomic E-state index is -2.82. The van der Waals surface area contributed by atoms with E-state index in [4.69, 9.17) is 42.6 Å². The van der Waals surface area contributed by atoms with Gasteiger partial charge in [-0.15, -0.1) is 0 Å². The highest BCUT2D eigenvalue weighted by molar-refractivity contribution is 5.91. The number of aliphatic hydroxyl groups is 1. The highest BCUT2D eigenvalue weighted by Gasteiger charge is 2.92. The zero-order valence-electron chi connectivity index (χ0n) is 34.8. The third-order valence-electron chi connectivity index (χ3n) is 11.9. The predicted molar refractivity (Wildman–Crippen MR) is 194 cm³/mol. The van der Waals surface area contributed by atoms with Crippen molar-refractivity contribution in [3.8, 4) is 0 Å². The van der Waals surface area contributed by atoms with Crippen LogP contribution in [-0.4, -0.2) is 124 Å². The first kappa shape index (κ1) is 44.9. The SMILES string of the molecule is CC(=O)OCC12C(OC(C)=O)C(OC(=O)C(C)C)C3C(OC(C)=O)C14OC3(C)COC(=O)c1cnccc1C(C)C(C)C(=O)OC(C(OC(C)=O)C2OC(C)=O)C4(C)O. The molecule has 1 aromatic rings. The molecule has 0 amide bonds. The van der Waals surface area contributed by atoms with Gasteiger partial charge in [-0.25, -0.2) is 4.79 Å². The second kappa shape index (κ2) is 16.1. The summed E-state index contributed by atoms with van der Waals surface area (Å²) >= 11 is 0. The second-order valence-corrected chi connectivity index (χ2v) is 16.3. The average Bonchev–Trinajstić information content (AvgIpc) is 3.35. The number of carbonyl (C=O) groups excluding carboxylic acids is 8. The van der Waals surface area contributed by atoms with Crippen molar-refractivity contribution in [2.45, 2.75) is 136 Å².